The molecular weight excluding hydrogens is 409 g/mol. The molecule has 0 aromatic heterocycles. The van der Waals surface area contributed by atoms with E-state index in [1.54, 1.807) is 12.1 Å². The number of morpholine rings is 1. The number of likely N-dealkylation sites (tertiary alicyclic amines) is 1. The van der Waals surface area contributed by atoms with Crippen LogP contribution >= 0.6 is 11.6 Å². The fourth-order valence-electron chi connectivity index (χ4n) is 4.45. The summed E-state index contributed by atoms with van der Waals surface area (Å²) in [5.74, 6) is -0.228. The van der Waals surface area contributed by atoms with Gasteiger partial charge >= 0.3 is 0 Å². The number of amides is 2. The van der Waals surface area contributed by atoms with Gasteiger partial charge in [0.05, 0.1) is 24.7 Å². The molecule has 164 valence electrons. The standard InChI is InChI=1S/C22H29ClFN3O3/c1-14-11-26(7-8-30-14)19(21-17(23)3-2-4-18(21)24)10-25-22(29)16-9-20(28)27(13-16)12-15-5-6-15/h2-4,14-16,19H,5-13H2,1H3,(H,25,29)/t14-,16+,19+/m1/s1. The quantitative estimate of drug-likeness (QED) is 0.712. The number of nitrogens with one attached hydrogen (secondary N) is 1. The van der Waals surface area contributed by atoms with Crippen molar-refractivity contribution in [3.63, 3.8) is 0 Å². The number of halogens is 2. The molecule has 0 radical (unpaired) electrons. The van der Waals surface area contributed by atoms with E-state index in [9.17, 15) is 14.0 Å². The molecule has 30 heavy (non-hydrogen) atoms. The van der Waals surface area contributed by atoms with Crippen molar-refractivity contribution in [2.75, 3.05) is 39.3 Å². The van der Waals surface area contributed by atoms with Crippen LogP contribution in [0.1, 0.15) is 37.8 Å². The smallest absolute Gasteiger partial charge is 0.225 e. The molecule has 2 aliphatic heterocycles. The fourth-order valence-corrected chi connectivity index (χ4v) is 4.74. The predicted molar refractivity (Wildman–Crippen MR) is 112 cm³/mol. The van der Waals surface area contributed by atoms with Gasteiger partial charge in [0.25, 0.3) is 0 Å². The van der Waals surface area contributed by atoms with Crippen LogP contribution in [0.4, 0.5) is 4.39 Å². The predicted octanol–water partition coefficient (Wildman–Crippen LogP) is 2.62. The third-order valence-corrected chi connectivity index (χ3v) is 6.61. The number of carbonyl (C=O) groups excluding carboxylic acids is 2. The summed E-state index contributed by atoms with van der Waals surface area (Å²) in [7, 11) is 0. The first kappa shape index (κ1) is 21.5. The molecule has 1 aliphatic carbocycles. The molecule has 2 heterocycles. The normalized spacial score (nSPS) is 26.1. The first-order valence-corrected chi connectivity index (χ1v) is 11.1. The maximum absolute atomic E-state index is 14.7. The Morgan fingerprint density at radius 1 is 1.37 bits per heavy atom. The Hall–Kier alpha value is -1.70. The van der Waals surface area contributed by atoms with Gasteiger partial charge in [-0.25, -0.2) is 4.39 Å². The lowest BCUT2D eigenvalue weighted by Crippen LogP contribution is -2.47. The third kappa shape index (κ3) is 4.95. The van der Waals surface area contributed by atoms with E-state index < -0.39 is 6.04 Å². The summed E-state index contributed by atoms with van der Waals surface area (Å²) >= 11 is 6.35. The molecule has 1 aromatic carbocycles. The first-order chi connectivity index (χ1) is 14.4. The van der Waals surface area contributed by atoms with E-state index in [-0.39, 0.29) is 42.6 Å². The van der Waals surface area contributed by atoms with E-state index in [0.717, 1.165) is 6.54 Å². The maximum Gasteiger partial charge on any atom is 0.225 e. The molecule has 3 fully saturated rings. The third-order valence-electron chi connectivity index (χ3n) is 6.28. The number of nitrogens with zero attached hydrogens (tertiary/aromatic N) is 2. The highest BCUT2D eigenvalue weighted by atomic mass is 35.5. The van der Waals surface area contributed by atoms with E-state index in [4.69, 9.17) is 16.3 Å². The van der Waals surface area contributed by atoms with Crippen molar-refractivity contribution in [3.05, 3.63) is 34.6 Å². The van der Waals surface area contributed by atoms with Crippen LogP contribution < -0.4 is 5.32 Å². The number of hydrogen-bond donors (Lipinski definition) is 1. The lowest BCUT2D eigenvalue weighted by atomic mass is 10.0. The summed E-state index contributed by atoms with van der Waals surface area (Å²) in [5.41, 5.74) is 0.395. The summed E-state index contributed by atoms with van der Waals surface area (Å²) in [4.78, 5) is 29.0. The highest BCUT2D eigenvalue weighted by Gasteiger charge is 2.38. The van der Waals surface area contributed by atoms with Crippen LogP contribution in [-0.4, -0.2) is 67.0 Å². The number of rotatable bonds is 7. The Bertz CT molecular complexity index is 784. The minimum atomic E-state index is -0.395. The van der Waals surface area contributed by atoms with Gasteiger partial charge in [-0.15, -0.1) is 0 Å². The molecule has 3 atom stereocenters. The number of ether oxygens (including phenoxy) is 1. The van der Waals surface area contributed by atoms with Gasteiger partial charge in [-0.1, -0.05) is 17.7 Å². The summed E-state index contributed by atoms with van der Waals surface area (Å²) in [5, 5.41) is 3.32. The Kier molecular flexibility index (Phi) is 6.60. The summed E-state index contributed by atoms with van der Waals surface area (Å²) in [6, 6.07) is 4.25. The lowest BCUT2D eigenvalue weighted by molar-refractivity contribution is -0.129. The molecule has 0 bridgehead atoms. The highest BCUT2D eigenvalue weighted by Crippen LogP contribution is 2.33. The molecule has 0 spiro atoms. The van der Waals surface area contributed by atoms with Crippen molar-refractivity contribution >= 4 is 23.4 Å². The van der Waals surface area contributed by atoms with Crippen LogP contribution in [0.5, 0.6) is 0 Å². The van der Waals surface area contributed by atoms with Crippen LogP contribution in [-0.2, 0) is 14.3 Å². The monoisotopic (exact) mass is 437 g/mol. The summed E-state index contributed by atoms with van der Waals surface area (Å²) in [6.45, 7) is 5.26. The van der Waals surface area contributed by atoms with E-state index in [1.165, 1.54) is 18.9 Å². The average molecular weight is 438 g/mol. The second-order valence-electron chi connectivity index (χ2n) is 8.72. The molecule has 1 saturated carbocycles. The molecule has 2 saturated heterocycles. The second-order valence-corrected chi connectivity index (χ2v) is 9.12. The van der Waals surface area contributed by atoms with E-state index in [1.807, 2.05) is 11.8 Å². The minimum Gasteiger partial charge on any atom is -0.376 e. The van der Waals surface area contributed by atoms with Crippen molar-refractivity contribution in [2.24, 2.45) is 11.8 Å². The zero-order valence-corrected chi connectivity index (χ0v) is 18.0. The molecule has 0 unspecified atom stereocenters. The minimum absolute atomic E-state index is 0.0194. The molecule has 3 aliphatic rings. The Morgan fingerprint density at radius 3 is 2.87 bits per heavy atom. The zero-order valence-electron chi connectivity index (χ0n) is 17.3. The second kappa shape index (κ2) is 9.20. The van der Waals surface area contributed by atoms with E-state index in [0.29, 0.717) is 42.7 Å². The van der Waals surface area contributed by atoms with E-state index in [2.05, 4.69) is 10.2 Å². The molecule has 1 N–H and O–H groups in total. The first-order valence-electron chi connectivity index (χ1n) is 10.8. The average Bonchev–Trinajstić information content (AvgIpc) is 3.45. The van der Waals surface area contributed by atoms with Crippen LogP contribution in [0.15, 0.2) is 18.2 Å². The molecule has 8 heteroatoms. The summed E-state index contributed by atoms with van der Waals surface area (Å²) < 4.78 is 20.3. The van der Waals surface area contributed by atoms with Crippen molar-refractivity contribution in [1.29, 1.82) is 0 Å². The van der Waals surface area contributed by atoms with E-state index >= 15 is 0 Å². The zero-order chi connectivity index (χ0) is 21.3. The van der Waals surface area contributed by atoms with Crippen molar-refractivity contribution in [3.8, 4) is 0 Å². The van der Waals surface area contributed by atoms with Crippen LogP contribution in [0.2, 0.25) is 5.02 Å². The number of benzene rings is 1. The molecule has 4 rings (SSSR count). The molecular formula is C22H29ClFN3O3. The summed E-state index contributed by atoms with van der Waals surface area (Å²) in [6.07, 6.45) is 2.61. The maximum atomic E-state index is 14.7. The van der Waals surface area contributed by atoms with Gasteiger partial charge in [0.2, 0.25) is 11.8 Å². The molecule has 2 amide bonds. The highest BCUT2D eigenvalue weighted by molar-refractivity contribution is 6.31. The fraction of sp³-hybridized carbons (Fsp3) is 0.636. The van der Waals surface area contributed by atoms with Gasteiger partial charge in [0.15, 0.2) is 0 Å². The van der Waals surface area contributed by atoms with Crippen LogP contribution in [0.3, 0.4) is 0 Å². The molecule has 1 aromatic rings. The van der Waals surface area contributed by atoms with Gasteiger partial charge in [-0.2, -0.15) is 0 Å². The largest absolute Gasteiger partial charge is 0.376 e. The Balaban J connectivity index is 1.44. The van der Waals surface area contributed by atoms with Gasteiger partial charge in [0.1, 0.15) is 5.82 Å². The SMILES string of the molecule is C[C@@H]1CN([C@@H](CNC(=O)[C@H]2CC(=O)N(CC3CC3)C2)c2c(F)cccc2Cl)CCO1. The lowest BCUT2D eigenvalue weighted by Gasteiger charge is -2.38. The van der Waals surface area contributed by atoms with Crippen molar-refractivity contribution in [1.82, 2.24) is 15.1 Å². The van der Waals surface area contributed by atoms with Crippen LogP contribution in [0, 0.1) is 17.7 Å². The Morgan fingerprint density at radius 2 is 2.17 bits per heavy atom. The van der Waals surface area contributed by atoms with Gasteiger partial charge < -0.3 is 15.0 Å². The van der Waals surface area contributed by atoms with Gasteiger partial charge in [0, 0.05) is 49.7 Å². The molecule has 6 nitrogen and oxygen atoms in total. The Labute approximate surface area is 181 Å². The van der Waals surface area contributed by atoms with Crippen molar-refractivity contribution in [2.45, 2.75) is 38.3 Å². The van der Waals surface area contributed by atoms with Crippen LogP contribution in [0.25, 0.3) is 0 Å². The van der Waals surface area contributed by atoms with Crippen molar-refractivity contribution < 1.29 is 18.7 Å². The number of carbonyl (C=O) groups is 2. The van der Waals surface area contributed by atoms with Gasteiger partial charge in [-0.3, -0.25) is 14.5 Å². The van der Waals surface area contributed by atoms with Gasteiger partial charge in [-0.05, 0) is 37.8 Å². The number of hydrogen-bond acceptors (Lipinski definition) is 4. The topological polar surface area (TPSA) is 61.9 Å².